The minimum atomic E-state index is -2.78. The predicted molar refractivity (Wildman–Crippen MR) is 140 cm³/mol. The quantitative estimate of drug-likeness (QED) is 0.265. The van der Waals surface area contributed by atoms with Gasteiger partial charge in [-0.1, -0.05) is 6.92 Å². The molecular weight excluding hydrogens is 525 g/mol. The van der Waals surface area contributed by atoms with Crippen molar-refractivity contribution in [2.75, 3.05) is 33.4 Å². The SMILES string of the molecule is CCN1CCC[C@H]1c1cc(O)c2c(c1OC)C[C@H]1C[C@H]3[C@H](NCCF)C(=O)C(C(N)=O)=C(O)[C@@]3(O)C(=O)C1=C2O. The van der Waals surface area contributed by atoms with E-state index in [1.165, 1.54) is 13.2 Å². The lowest BCUT2D eigenvalue weighted by Gasteiger charge is -2.49. The fraction of sp³-hybridized carbons (Fsp3) is 0.536. The van der Waals surface area contributed by atoms with Gasteiger partial charge < -0.3 is 36.2 Å². The van der Waals surface area contributed by atoms with E-state index in [2.05, 4.69) is 10.2 Å². The van der Waals surface area contributed by atoms with Crippen molar-refractivity contribution in [3.05, 3.63) is 39.7 Å². The topological polar surface area (TPSA) is 183 Å². The van der Waals surface area contributed by atoms with Crippen LogP contribution in [0.2, 0.25) is 0 Å². The third-order valence-corrected chi connectivity index (χ3v) is 8.97. The Labute approximate surface area is 230 Å². The molecule has 1 saturated carbocycles. The first-order chi connectivity index (χ1) is 19.0. The molecule has 1 aromatic carbocycles. The predicted octanol–water partition coefficient (Wildman–Crippen LogP) is 1.13. The Morgan fingerprint density at radius 2 is 2.02 bits per heavy atom. The van der Waals surface area contributed by atoms with Crippen LogP contribution < -0.4 is 15.8 Å². The molecule has 1 aromatic rings. The second-order valence-electron chi connectivity index (χ2n) is 10.8. The molecule has 1 amide bonds. The molecule has 0 spiro atoms. The van der Waals surface area contributed by atoms with Crippen LogP contribution in [-0.2, 0) is 20.8 Å². The van der Waals surface area contributed by atoms with Gasteiger partial charge in [-0.3, -0.25) is 19.3 Å². The van der Waals surface area contributed by atoms with Gasteiger partial charge in [-0.2, -0.15) is 0 Å². The fourth-order valence-corrected chi connectivity index (χ4v) is 7.24. The standard InChI is InChI=1S/C28H34FN3O8/c1-3-32-8-4-5-16(32)13-11-17(33)19-14(24(13)40-2)9-12-10-15-21(31-7-6-29)23(35)20(27(30)38)26(37)28(15,39)25(36)18(12)22(19)34/h11-12,15-16,21,31,33-34,37,39H,3-10H2,1-2H3,(H2,30,38)/t12-,15-,16-,21-,28-/m0/s1. The molecule has 216 valence electrons. The molecule has 0 radical (unpaired) electrons. The number of aliphatic hydroxyl groups is 3. The van der Waals surface area contributed by atoms with Crippen LogP contribution in [0, 0.1) is 11.8 Å². The number of hydrogen-bond acceptors (Lipinski definition) is 10. The number of nitrogens with two attached hydrogens (primary N) is 1. The highest BCUT2D eigenvalue weighted by molar-refractivity contribution is 6.24. The number of ketones is 2. The lowest BCUT2D eigenvalue weighted by atomic mass is 9.57. The number of likely N-dealkylation sites (tertiary alicyclic amines) is 1. The summed E-state index contributed by atoms with van der Waals surface area (Å²) in [5.74, 6) is -7.03. The van der Waals surface area contributed by atoms with Gasteiger partial charge >= 0.3 is 0 Å². The Bertz CT molecular complexity index is 1360. The Kier molecular flexibility index (Phi) is 7.13. The molecule has 1 heterocycles. The molecule has 40 heavy (non-hydrogen) atoms. The molecule has 1 aliphatic heterocycles. The van der Waals surface area contributed by atoms with Crippen LogP contribution in [0.4, 0.5) is 4.39 Å². The number of carbonyl (C=O) groups is 3. The first kappa shape index (κ1) is 28.1. The number of halogens is 1. The molecular formula is C28H34FN3O8. The number of phenolic OH excluding ortho intramolecular Hbond substituents is 1. The number of ether oxygens (including phenoxy) is 1. The number of phenols is 1. The van der Waals surface area contributed by atoms with Crippen molar-refractivity contribution in [2.45, 2.75) is 50.3 Å². The molecule has 0 unspecified atom stereocenters. The number of amides is 1. The van der Waals surface area contributed by atoms with Crippen molar-refractivity contribution in [3.63, 3.8) is 0 Å². The van der Waals surface area contributed by atoms with Gasteiger partial charge in [-0.05, 0) is 50.8 Å². The van der Waals surface area contributed by atoms with Crippen molar-refractivity contribution in [3.8, 4) is 11.5 Å². The van der Waals surface area contributed by atoms with Gasteiger partial charge in [0.05, 0.1) is 18.7 Å². The highest BCUT2D eigenvalue weighted by atomic mass is 19.1. The maximum atomic E-state index is 13.9. The molecule has 4 aliphatic rings. The number of primary amides is 1. The van der Waals surface area contributed by atoms with E-state index in [0.29, 0.717) is 11.3 Å². The van der Waals surface area contributed by atoms with Gasteiger partial charge in [-0.15, -0.1) is 0 Å². The molecule has 5 atom stereocenters. The number of aliphatic hydroxyl groups excluding tert-OH is 2. The van der Waals surface area contributed by atoms with E-state index in [1.54, 1.807) is 0 Å². The first-order valence-corrected chi connectivity index (χ1v) is 13.5. The number of fused-ring (bicyclic) bond motifs is 3. The summed E-state index contributed by atoms with van der Waals surface area (Å²) in [7, 11) is 1.49. The Hall–Kier alpha value is -3.48. The van der Waals surface area contributed by atoms with Crippen molar-refractivity contribution < 1.29 is 43.9 Å². The molecule has 0 bridgehead atoms. The average molecular weight is 560 g/mol. The summed E-state index contributed by atoms with van der Waals surface area (Å²) in [4.78, 5) is 41.4. The number of nitrogens with zero attached hydrogens (tertiary/aromatic N) is 1. The number of methoxy groups -OCH3 is 1. The second kappa shape index (κ2) is 10.2. The maximum Gasteiger partial charge on any atom is 0.255 e. The van der Waals surface area contributed by atoms with Crippen LogP contribution >= 0.6 is 0 Å². The van der Waals surface area contributed by atoms with E-state index < -0.39 is 64.7 Å². The normalized spacial score (nSPS) is 30.3. The van der Waals surface area contributed by atoms with Crippen molar-refractivity contribution in [1.29, 1.82) is 0 Å². The zero-order valence-electron chi connectivity index (χ0n) is 22.4. The van der Waals surface area contributed by atoms with Crippen LogP contribution in [-0.4, -0.2) is 87.9 Å². The zero-order chi connectivity index (χ0) is 29.1. The summed E-state index contributed by atoms with van der Waals surface area (Å²) >= 11 is 0. The number of rotatable bonds is 7. The van der Waals surface area contributed by atoms with Gasteiger partial charge in [-0.25, -0.2) is 4.39 Å². The number of alkyl halides is 1. The second-order valence-corrected chi connectivity index (χ2v) is 10.8. The number of benzene rings is 1. The molecule has 2 fully saturated rings. The third kappa shape index (κ3) is 3.84. The number of Topliss-reactive ketones (excluding diaryl/α,β-unsaturated/α-hetero) is 2. The van der Waals surface area contributed by atoms with E-state index in [1.807, 2.05) is 6.92 Å². The monoisotopic (exact) mass is 559 g/mol. The highest BCUT2D eigenvalue weighted by Gasteiger charge is 2.63. The third-order valence-electron chi connectivity index (χ3n) is 8.97. The molecule has 5 rings (SSSR count). The lowest BCUT2D eigenvalue weighted by Crippen LogP contribution is -2.66. The van der Waals surface area contributed by atoms with Crippen molar-refractivity contribution in [1.82, 2.24) is 10.2 Å². The smallest absolute Gasteiger partial charge is 0.255 e. The van der Waals surface area contributed by atoms with E-state index in [9.17, 15) is 39.2 Å². The maximum absolute atomic E-state index is 13.9. The van der Waals surface area contributed by atoms with Crippen LogP contribution in [0.25, 0.3) is 5.76 Å². The fourth-order valence-electron chi connectivity index (χ4n) is 7.24. The number of nitrogens with one attached hydrogen (secondary N) is 1. The summed E-state index contributed by atoms with van der Waals surface area (Å²) in [6.07, 6.45) is 1.85. The Balaban J connectivity index is 1.68. The minimum absolute atomic E-state index is 0.0127. The van der Waals surface area contributed by atoms with Gasteiger partial charge in [0.25, 0.3) is 5.91 Å². The van der Waals surface area contributed by atoms with Gasteiger partial charge in [0.2, 0.25) is 5.78 Å². The Morgan fingerprint density at radius 1 is 1.30 bits per heavy atom. The summed E-state index contributed by atoms with van der Waals surface area (Å²) in [5, 5.41) is 47.7. The van der Waals surface area contributed by atoms with E-state index in [-0.39, 0.29) is 42.3 Å². The summed E-state index contributed by atoms with van der Waals surface area (Å²) < 4.78 is 18.9. The van der Waals surface area contributed by atoms with E-state index >= 15 is 0 Å². The summed E-state index contributed by atoms with van der Waals surface area (Å²) in [6.45, 7) is 2.55. The molecule has 3 aliphatic carbocycles. The summed E-state index contributed by atoms with van der Waals surface area (Å²) in [6, 6.07) is 0.115. The highest BCUT2D eigenvalue weighted by Crippen LogP contribution is 2.54. The Morgan fingerprint density at radius 3 is 2.65 bits per heavy atom. The largest absolute Gasteiger partial charge is 0.508 e. The molecule has 11 nitrogen and oxygen atoms in total. The van der Waals surface area contributed by atoms with Crippen LogP contribution in [0.3, 0.4) is 0 Å². The lowest BCUT2D eigenvalue weighted by molar-refractivity contribution is -0.150. The molecule has 7 N–H and O–H groups in total. The molecule has 12 heteroatoms. The van der Waals surface area contributed by atoms with E-state index in [4.69, 9.17) is 10.5 Å². The van der Waals surface area contributed by atoms with Gasteiger partial charge in [0.15, 0.2) is 11.4 Å². The zero-order valence-corrected chi connectivity index (χ0v) is 22.4. The number of hydrogen-bond donors (Lipinski definition) is 6. The summed E-state index contributed by atoms with van der Waals surface area (Å²) in [5.41, 5.74) is 2.56. The van der Waals surface area contributed by atoms with Crippen LogP contribution in [0.1, 0.15) is 48.9 Å². The van der Waals surface area contributed by atoms with Crippen LogP contribution in [0.15, 0.2) is 23.0 Å². The van der Waals surface area contributed by atoms with Crippen LogP contribution in [0.5, 0.6) is 11.5 Å². The first-order valence-electron chi connectivity index (χ1n) is 13.5. The van der Waals surface area contributed by atoms with Gasteiger partial charge in [0, 0.05) is 35.2 Å². The molecule has 1 saturated heterocycles. The number of carbonyl (C=O) groups excluding carboxylic acids is 3. The number of aromatic hydroxyl groups is 1. The minimum Gasteiger partial charge on any atom is -0.508 e. The van der Waals surface area contributed by atoms with Gasteiger partial charge in [0.1, 0.15) is 35.3 Å². The van der Waals surface area contributed by atoms with Crippen molar-refractivity contribution in [2.24, 2.45) is 17.6 Å². The molecule has 0 aromatic heterocycles. The van der Waals surface area contributed by atoms with Crippen molar-refractivity contribution >= 4 is 23.2 Å². The van der Waals surface area contributed by atoms with E-state index in [0.717, 1.165) is 31.5 Å². The average Bonchev–Trinajstić information content (AvgIpc) is 3.39.